The fourth-order valence-electron chi connectivity index (χ4n) is 2.19. The van der Waals surface area contributed by atoms with Crippen molar-refractivity contribution in [2.24, 2.45) is 5.73 Å². The Hall–Kier alpha value is -2.50. The van der Waals surface area contributed by atoms with Crippen LogP contribution in [0, 0.1) is 0 Å². The molecule has 22 heavy (non-hydrogen) atoms. The van der Waals surface area contributed by atoms with Crippen molar-refractivity contribution in [2.75, 3.05) is 0 Å². The highest BCUT2D eigenvalue weighted by atomic mass is 16.6. The summed E-state index contributed by atoms with van der Waals surface area (Å²) in [7, 11) is 0. The quantitative estimate of drug-likeness (QED) is 0.806. The lowest BCUT2D eigenvalue weighted by atomic mass is 10.0. The molecule has 1 aromatic heterocycles. The number of para-hydroxylation sites is 1. The molecule has 2 aromatic rings. The van der Waals surface area contributed by atoms with Crippen molar-refractivity contribution >= 4 is 22.9 Å². The Morgan fingerprint density at radius 1 is 1.32 bits per heavy atom. The Kier molecular flexibility index (Phi) is 4.40. The molecule has 0 aliphatic carbocycles. The van der Waals surface area contributed by atoms with E-state index in [9.17, 15) is 9.59 Å². The lowest BCUT2D eigenvalue weighted by Crippen LogP contribution is -2.47. The molecule has 0 saturated heterocycles. The number of carbonyl (C=O) groups excluding carboxylic acids is 2. The molecule has 4 N–H and O–H groups in total. The van der Waals surface area contributed by atoms with Crippen molar-refractivity contribution in [3.63, 3.8) is 0 Å². The van der Waals surface area contributed by atoms with Crippen LogP contribution in [0.4, 0.5) is 4.79 Å². The molecule has 1 atom stereocenters. The van der Waals surface area contributed by atoms with Crippen molar-refractivity contribution in [1.82, 2.24) is 10.3 Å². The molecular formula is C16H21N3O3. The molecule has 1 unspecified atom stereocenters. The number of hydrogen-bond donors (Lipinski definition) is 3. The average molecular weight is 303 g/mol. The van der Waals surface area contributed by atoms with Gasteiger partial charge in [-0.15, -0.1) is 0 Å². The van der Waals surface area contributed by atoms with Crippen LogP contribution >= 0.6 is 0 Å². The maximum Gasteiger partial charge on any atom is 0.408 e. The fraction of sp³-hybridized carbons (Fsp3) is 0.375. The highest BCUT2D eigenvalue weighted by Crippen LogP contribution is 2.19. The van der Waals surface area contributed by atoms with Gasteiger partial charge in [-0.05, 0) is 32.4 Å². The van der Waals surface area contributed by atoms with Gasteiger partial charge in [0.15, 0.2) is 0 Å². The maximum atomic E-state index is 11.8. The number of aromatic nitrogens is 1. The molecule has 6 nitrogen and oxygen atoms in total. The van der Waals surface area contributed by atoms with E-state index in [1.807, 2.05) is 30.5 Å². The third-order valence-electron chi connectivity index (χ3n) is 3.13. The Bertz CT molecular complexity index is 685. The number of amides is 2. The first-order valence-corrected chi connectivity index (χ1v) is 7.10. The molecule has 118 valence electrons. The second kappa shape index (κ2) is 6.09. The number of carbonyl (C=O) groups is 2. The average Bonchev–Trinajstić information content (AvgIpc) is 2.79. The van der Waals surface area contributed by atoms with E-state index in [0.29, 0.717) is 6.42 Å². The van der Waals surface area contributed by atoms with Crippen LogP contribution in [0.2, 0.25) is 0 Å². The summed E-state index contributed by atoms with van der Waals surface area (Å²) in [5.41, 5.74) is 6.64. The van der Waals surface area contributed by atoms with Crippen molar-refractivity contribution in [3.8, 4) is 0 Å². The van der Waals surface area contributed by atoms with Gasteiger partial charge >= 0.3 is 6.09 Å². The van der Waals surface area contributed by atoms with Crippen LogP contribution in [0.3, 0.4) is 0 Å². The molecule has 0 aliphatic heterocycles. The van der Waals surface area contributed by atoms with Gasteiger partial charge in [0.05, 0.1) is 0 Å². The Labute approximate surface area is 129 Å². The number of H-pyrrole nitrogens is 1. The maximum absolute atomic E-state index is 11.8. The van der Waals surface area contributed by atoms with Gasteiger partial charge in [0.2, 0.25) is 5.91 Å². The van der Waals surface area contributed by atoms with Gasteiger partial charge in [-0.2, -0.15) is 0 Å². The molecule has 2 rings (SSSR count). The summed E-state index contributed by atoms with van der Waals surface area (Å²) in [6, 6.07) is 6.91. The Morgan fingerprint density at radius 2 is 2.00 bits per heavy atom. The lowest BCUT2D eigenvalue weighted by molar-refractivity contribution is -0.120. The summed E-state index contributed by atoms with van der Waals surface area (Å²) < 4.78 is 5.16. The minimum absolute atomic E-state index is 0.304. The summed E-state index contributed by atoms with van der Waals surface area (Å²) in [5, 5.41) is 3.53. The van der Waals surface area contributed by atoms with Crippen molar-refractivity contribution in [2.45, 2.75) is 38.8 Å². The van der Waals surface area contributed by atoms with E-state index in [4.69, 9.17) is 10.5 Å². The number of nitrogens with two attached hydrogens (primary N) is 1. The zero-order valence-electron chi connectivity index (χ0n) is 13.0. The van der Waals surface area contributed by atoms with Crippen LogP contribution in [0.5, 0.6) is 0 Å². The van der Waals surface area contributed by atoms with Crippen LogP contribution in [-0.4, -0.2) is 28.6 Å². The first kappa shape index (κ1) is 15.9. The SMILES string of the molecule is CC(C)(C)OC(=O)NC(Cc1c[nH]c2ccccc12)C(N)=O. The number of alkyl carbamates (subject to hydrolysis) is 1. The van der Waals surface area contributed by atoms with E-state index in [1.54, 1.807) is 20.8 Å². The van der Waals surface area contributed by atoms with Crippen LogP contribution in [0.1, 0.15) is 26.3 Å². The molecule has 2 amide bonds. The van der Waals surface area contributed by atoms with Crippen LogP contribution < -0.4 is 11.1 Å². The second-order valence-electron chi connectivity index (χ2n) is 6.16. The Morgan fingerprint density at radius 3 is 2.64 bits per heavy atom. The zero-order chi connectivity index (χ0) is 16.3. The smallest absolute Gasteiger partial charge is 0.408 e. The highest BCUT2D eigenvalue weighted by molar-refractivity contribution is 5.87. The summed E-state index contributed by atoms with van der Waals surface area (Å²) in [4.78, 5) is 26.5. The van der Waals surface area contributed by atoms with Crippen molar-refractivity contribution in [1.29, 1.82) is 0 Å². The molecule has 0 radical (unpaired) electrons. The molecule has 1 heterocycles. The number of benzene rings is 1. The number of nitrogens with one attached hydrogen (secondary N) is 2. The summed E-state index contributed by atoms with van der Waals surface area (Å²) in [6.45, 7) is 5.27. The lowest BCUT2D eigenvalue weighted by Gasteiger charge is -2.22. The number of rotatable bonds is 4. The monoisotopic (exact) mass is 303 g/mol. The summed E-state index contributed by atoms with van der Waals surface area (Å²) in [5.74, 6) is -0.601. The third kappa shape index (κ3) is 4.00. The van der Waals surface area contributed by atoms with E-state index < -0.39 is 23.6 Å². The van der Waals surface area contributed by atoms with Crippen LogP contribution in [0.15, 0.2) is 30.5 Å². The largest absolute Gasteiger partial charge is 0.444 e. The van der Waals surface area contributed by atoms with Gasteiger partial charge < -0.3 is 20.8 Å². The number of hydrogen-bond acceptors (Lipinski definition) is 3. The molecule has 0 saturated carbocycles. The Balaban J connectivity index is 2.12. The first-order valence-electron chi connectivity index (χ1n) is 7.10. The van der Waals surface area contributed by atoms with E-state index in [-0.39, 0.29) is 0 Å². The van der Waals surface area contributed by atoms with E-state index in [0.717, 1.165) is 16.5 Å². The molecule has 0 bridgehead atoms. The topological polar surface area (TPSA) is 97.2 Å². The van der Waals surface area contributed by atoms with Crippen LogP contribution in [-0.2, 0) is 16.0 Å². The molecular weight excluding hydrogens is 282 g/mol. The number of ether oxygens (including phenoxy) is 1. The van der Waals surface area contributed by atoms with Crippen molar-refractivity contribution < 1.29 is 14.3 Å². The van der Waals surface area contributed by atoms with Gasteiger partial charge in [0.1, 0.15) is 11.6 Å². The van der Waals surface area contributed by atoms with E-state index in [2.05, 4.69) is 10.3 Å². The van der Waals surface area contributed by atoms with E-state index >= 15 is 0 Å². The zero-order valence-corrected chi connectivity index (χ0v) is 13.0. The fourth-order valence-corrected chi connectivity index (χ4v) is 2.19. The summed E-state index contributed by atoms with van der Waals surface area (Å²) in [6.07, 6.45) is 1.46. The summed E-state index contributed by atoms with van der Waals surface area (Å²) >= 11 is 0. The molecule has 0 aliphatic rings. The standard InChI is InChI=1S/C16H21N3O3/c1-16(2,3)22-15(21)19-13(14(17)20)8-10-9-18-12-7-5-4-6-11(10)12/h4-7,9,13,18H,8H2,1-3H3,(H2,17,20)(H,19,21). The minimum Gasteiger partial charge on any atom is -0.444 e. The van der Waals surface area contributed by atoms with Gasteiger partial charge in [-0.3, -0.25) is 4.79 Å². The number of aromatic amines is 1. The van der Waals surface area contributed by atoms with Crippen LogP contribution in [0.25, 0.3) is 10.9 Å². The molecule has 0 fully saturated rings. The number of primary amides is 1. The minimum atomic E-state index is -0.825. The second-order valence-corrected chi connectivity index (χ2v) is 6.16. The predicted molar refractivity (Wildman–Crippen MR) is 84.4 cm³/mol. The molecule has 1 aromatic carbocycles. The third-order valence-corrected chi connectivity index (χ3v) is 3.13. The normalized spacial score (nSPS) is 12.9. The van der Waals surface area contributed by atoms with Gasteiger partial charge in [-0.1, -0.05) is 18.2 Å². The van der Waals surface area contributed by atoms with Gasteiger partial charge in [-0.25, -0.2) is 4.79 Å². The van der Waals surface area contributed by atoms with E-state index in [1.165, 1.54) is 0 Å². The highest BCUT2D eigenvalue weighted by Gasteiger charge is 2.23. The van der Waals surface area contributed by atoms with Gasteiger partial charge in [0.25, 0.3) is 0 Å². The first-order chi connectivity index (χ1) is 10.3. The van der Waals surface area contributed by atoms with Gasteiger partial charge in [0, 0.05) is 23.5 Å². The van der Waals surface area contributed by atoms with Crippen molar-refractivity contribution in [3.05, 3.63) is 36.0 Å². The number of fused-ring (bicyclic) bond motifs is 1. The molecule has 0 spiro atoms. The molecule has 6 heteroatoms. The predicted octanol–water partition coefficient (Wildman–Crippen LogP) is 2.09.